The van der Waals surface area contributed by atoms with Gasteiger partial charge in [0.2, 0.25) is 15.9 Å². The van der Waals surface area contributed by atoms with E-state index in [0.717, 1.165) is 27.5 Å². The Morgan fingerprint density at radius 3 is 2.35 bits per heavy atom. The number of benzene rings is 2. The molecular formula is C27H32FN3O4S2. The third-order valence-corrected chi connectivity index (χ3v) is 9.09. The van der Waals surface area contributed by atoms with Gasteiger partial charge in [-0.25, -0.2) is 12.8 Å². The maximum atomic E-state index is 13.7. The lowest BCUT2D eigenvalue weighted by Crippen LogP contribution is -2.46. The van der Waals surface area contributed by atoms with Crippen molar-refractivity contribution in [1.29, 1.82) is 0 Å². The minimum atomic E-state index is -4.02. The highest BCUT2D eigenvalue weighted by Gasteiger charge is 2.29. The molecule has 198 valence electrons. The molecule has 10 heteroatoms. The number of amides is 1. The smallest absolute Gasteiger partial charge is 0.243 e. The summed E-state index contributed by atoms with van der Waals surface area (Å²) in [5.74, 6) is -0.808. The number of thiophene rings is 1. The van der Waals surface area contributed by atoms with Crippen molar-refractivity contribution in [3.8, 4) is 0 Å². The summed E-state index contributed by atoms with van der Waals surface area (Å²) in [6.45, 7) is 5.67. The predicted molar refractivity (Wildman–Crippen MR) is 142 cm³/mol. The Hall–Kier alpha value is -2.63. The summed E-state index contributed by atoms with van der Waals surface area (Å²) in [4.78, 5) is 19.6. The number of hydrogen-bond donors (Lipinski definition) is 0. The van der Waals surface area contributed by atoms with Gasteiger partial charge in [-0.3, -0.25) is 9.69 Å². The summed E-state index contributed by atoms with van der Waals surface area (Å²) >= 11 is 1.62. The molecule has 0 radical (unpaired) electrons. The molecule has 2 heterocycles. The van der Waals surface area contributed by atoms with Gasteiger partial charge in [0.25, 0.3) is 0 Å². The lowest BCUT2D eigenvalue weighted by atomic mass is 10.2. The van der Waals surface area contributed by atoms with Crippen molar-refractivity contribution in [1.82, 2.24) is 14.1 Å². The summed E-state index contributed by atoms with van der Waals surface area (Å²) in [6.07, 6.45) is 0. The second-order valence-corrected chi connectivity index (χ2v) is 12.3. The number of aryl methyl sites for hydroxylation is 1. The second kappa shape index (κ2) is 12.7. The van der Waals surface area contributed by atoms with Crippen molar-refractivity contribution in [2.45, 2.75) is 24.9 Å². The van der Waals surface area contributed by atoms with Crippen molar-refractivity contribution >= 4 is 27.3 Å². The average molecular weight is 546 g/mol. The van der Waals surface area contributed by atoms with E-state index < -0.39 is 15.8 Å². The minimum Gasteiger partial charge on any atom is -0.379 e. The van der Waals surface area contributed by atoms with Crippen LogP contribution in [0.1, 0.15) is 15.3 Å². The molecule has 0 bridgehead atoms. The third kappa shape index (κ3) is 7.68. The van der Waals surface area contributed by atoms with Crippen LogP contribution >= 0.6 is 11.3 Å². The van der Waals surface area contributed by atoms with Crippen LogP contribution < -0.4 is 0 Å². The molecule has 1 fully saturated rings. The van der Waals surface area contributed by atoms with Gasteiger partial charge in [0, 0.05) is 42.5 Å². The Bertz CT molecular complexity index is 1260. The highest BCUT2D eigenvalue weighted by atomic mass is 32.2. The predicted octanol–water partition coefficient (Wildman–Crippen LogP) is 3.75. The fraction of sp³-hybridized carbons (Fsp3) is 0.370. The third-order valence-electron chi connectivity index (χ3n) is 6.24. The molecule has 0 N–H and O–H groups in total. The van der Waals surface area contributed by atoms with E-state index in [1.807, 2.05) is 49.4 Å². The zero-order valence-electron chi connectivity index (χ0n) is 20.9. The molecule has 0 saturated carbocycles. The van der Waals surface area contributed by atoms with Crippen LogP contribution in [0.3, 0.4) is 0 Å². The molecule has 7 nitrogen and oxygen atoms in total. The first-order chi connectivity index (χ1) is 17.8. The van der Waals surface area contributed by atoms with E-state index in [2.05, 4.69) is 4.90 Å². The van der Waals surface area contributed by atoms with Crippen LogP contribution in [0.15, 0.2) is 71.6 Å². The van der Waals surface area contributed by atoms with Gasteiger partial charge in [-0.15, -0.1) is 11.3 Å². The van der Waals surface area contributed by atoms with Crippen LogP contribution in [0.2, 0.25) is 0 Å². The lowest BCUT2D eigenvalue weighted by Gasteiger charge is -2.31. The largest absolute Gasteiger partial charge is 0.379 e. The number of hydrogen-bond acceptors (Lipinski definition) is 6. The zero-order chi connectivity index (χ0) is 26.3. The van der Waals surface area contributed by atoms with Crippen LogP contribution in [-0.2, 0) is 32.6 Å². The number of nitrogens with zero attached hydrogens (tertiary/aromatic N) is 3. The molecular weight excluding hydrogens is 513 g/mol. The number of morpholine rings is 1. The van der Waals surface area contributed by atoms with Crippen LogP contribution in [-0.4, -0.2) is 74.4 Å². The van der Waals surface area contributed by atoms with E-state index >= 15 is 0 Å². The van der Waals surface area contributed by atoms with Crippen LogP contribution in [0, 0.1) is 12.7 Å². The molecule has 0 unspecified atom stereocenters. The number of halogens is 1. The Labute approximate surface area is 222 Å². The summed E-state index contributed by atoms with van der Waals surface area (Å²) in [7, 11) is -4.02. The Morgan fingerprint density at radius 1 is 1.00 bits per heavy atom. The van der Waals surface area contributed by atoms with Crippen molar-refractivity contribution in [3.63, 3.8) is 0 Å². The molecule has 1 aromatic heterocycles. The molecule has 0 spiro atoms. The van der Waals surface area contributed by atoms with Crippen LogP contribution in [0.25, 0.3) is 0 Å². The first-order valence-corrected chi connectivity index (χ1v) is 14.5. The van der Waals surface area contributed by atoms with Gasteiger partial charge in [-0.2, -0.15) is 4.31 Å². The van der Waals surface area contributed by atoms with E-state index in [4.69, 9.17) is 4.74 Å². The van der Waals surface area contributed by atoms with Crippen molar-refractivity contribution < 1.29 is 22.3 Å². The number of rotatable bonds is 11. The fourth-order valence-corrected chi connectivity index (χ4v) is 6.45. The number of carbonyl (C=O) groups is 1. The van der Waals surface area contributed by atoms with E-state index in [-0.39, 0.29) is 23.9 Å². The van der Waals surface area contributed by atoms with E-state index in [1.54, 1.807) is 16.2 Å². The summed E-state index contributed by atoms with van der Waals surface area (Å²) in [5, 5.41) is 0. The van der Waals surface area contributed by atoms with Crippen LogP contribution in [0.4, 0.5) is 4.39 Å². The number of ether oxygens (including phenoxy) is 1. The summed E-state index contributed by atoms with van der Waals surface area (Å²) in [6, 6.07) is 18.4. The molecule has 3 aromatic rings. The topological polar surface area (TPSA) is 70.2 Å². The molecule has 1 aliphatic heterocycles. The van der Waals surface area contributed by atoms with Crippen molar-refractivity contribution in [3.05, 3.63) is 87.9 Å². The zero-order valence-corrected chi connectivity index (χ0v) is 22.5. The Morgan fingerprint density at radius 2 is 1.70 bits per heavy atom. The van der Waals surface area contributed by atoms with Gasteiger partial charge >= 0.3 is 0 Å². The SMILES string of the molecule is Cc1ccc(CN(Cc2ccccc2)C(=O)CN(CCN2CCOCC2)S(=O)(=O)c2ccc(F)cc2)s1. The van der Waals surface area contributed by atoms with Gasteiger partial charge < -0.3 is 9.64 Å². The van der Waals surface area contributed by atoms with Crippen LogP contribution in [0.5, 0.6) is 0 Å². The average Bonchev–Trinajstić information content (AvgIpc) is 3.31. The Kier molecular flexibility index (Phi) is 9.44. The standard InChI is InChI=1S/C27H32FN3O4S2/c1-22-7-10-25(36-22)20-30(19-23-5-3-2-4-6-23)27(32)21-31(14-13-29-15-17-35-18-16-29)37(33,34)26-11-8-24(28)9-12-26/h2-12H,13-21H2,1H3. The molecule has 1 aliphatic rings. The van der Waals surface area contributed by atoms with E-state index in [0.29, 0.717) is 45.9 Å². The normalized spacial score (nSPS) is 14.7. The number of carbonyl (C=O) groups excluding carboxylic acids is 1. The number of sulfonamides is 1. The molecule has 0 atom stereocenters. The summed E-state index contributed by atoms with van der Waals surface area (Å²) in [5.41, 5.74) is 0.963. The van der Waals surface area contributed by atoms with E-state index in [1.165, 1.54) is 16.4 Å². The highest BCUT2D eigenvalue weighted by molar-refractivity contribution is 7.89. The van der Waals surface area contributed by atoms with Gasteiger partial charge in [-0.1, -0.05) is 30.3 Å². The van der Waals surface area contributed by atoms with Gasteiger partial charge in [0.15, 0.2) is 0 Å². The first-order valence-electron chi connectivity index (χ1n) is 12.2. The van der Waals surface area contributed by atoms with Crippen molar-refractivity contribution in [2.75, 3.05) is 45.9 Å². The van der Waals surface area contributed by atoms with Gasteiger partial charge in [-0.05, 0) is 48.9 Å². The second-order valence-electron chi connectivity index (χ2n) is 8.99. The molecule has 1 amide bonds. The molecule has 1 saturated heterocycles. The quantitative estimate of drug-likeness (QED) is 0.367. The lowest BCUT2D eigenvalue weighted by molar-refractivity contribution is -0.132. The van der Waals surface area contributed by atoms with Gasteiger partial charge in [0.1, 0.15) is 5.82 Å². The van der Waals surface area contributed by atoms with Crippen molar-refractivity contribution in [2.24, 2.45) is 0 Å². The monoisotopic (exact) mass is 545 g/mol. The molecule has 0 aliphatic carbocycles. The summed E-state index contributed by atoms with van der Waals surface area (Å²) < 4.78 is 47.3. The molecule has 4 rings (SSSR count). The molecule has 37 heavy (non-hydrogen) atoms. The maximum Gasteiger partial charge on any atom is 0.243 e. The maximum absolute atomic E-state index is 13.7. The van der Waals surface area contributed by atoms with E-state index in [9.17, 15) is 17.6 Å². The Balaban J connectivity index is 1.57. The van der Waals surface area contributed by atoms with Gasteiger partial charge in [0.05, 0.1) is 31.2 Å². The fourth-order valence-electron chi connectivity index (χ4n) is 4.16. The molecule has 2 aromatic carbocycles. The first kappa shape index (κ1) is 27.4. The highest BCUT2D eigenvalue weighted by Crippen LogP contribution is 2.21. The minimum absolute atomic E-state index is 0.0350.